The van der Waals surface area contributed by atoms with Crippen molar-refractivity contribution in [2.75, 3.05) is 20.1 Å². The molecule has 0 unspecified atom stereocenters. The van der Waals surface area contributed by atoms with Gasteiger partial charge in [-0.3, -0.25) is 4.79 Å². The number of aryl methyl sites for hydroxylation is 1. The summed E-state index contributed by atoms with van der Waals surface area (Å²) in [6.45, 7) is 6.02. The largest absolute Gasteiger partial charge is 0.433 e. The molecule has 21 heavy (non-hydrogen) atoms. The molecule has 0 aromatic carbocycles. The van der Waals surface area contributed by atoms with Gasteiger partial charge < -0.3 is 10.6 Å². The van der Waals surface area contributed by atoms with Crippen molar-refractivity contribution in [2.45, 2.75) is 26.9 Å². The van der Waals surface area contributed by atoms with Crippen LogP contribution in [0.2, 0.25) is 0 Å². The van der Waals surface area contributed by atoms with Crippen LogP contribution >= 0.6 is 0 Å². The summed E-state index contributed by atoms with van der Waals surface area (Å²) < 4.78 is 37.7. The molecule has 7 heteroatoms. The van der Waals surface area contributed by atoms with Gasteiger partial charge in [-0.05, 0) is 31.0 Å². The molecule has 1 heterocycles. The lowest BCUT2D eigenvalue weighted by molar-refractivity contribution is -0.141. The number of alkyl halides is 3. The molecule has 0 bridgehead atoms. The van der Waals surface area contributed by atoms with Gasteiger partial charge in [0, 0.05) is 13.6 Å². The van der Waals surface area contributed by atoms with E-state index in [0.717, 1.165) is 6.07 Å². The molecule has 0 fully saturated rings. The predicted molar refractivity (Wildman–Crippen MR) is 73.8 cm³/mol. The van der Waals surface area contributed by atoms with E-state index in [9.17, 15) is 18.0 Å². The molecule has 0 aliphatic heterocycles. The Morgan fingerprint density at radius 1 is 1.33 bits per heavy atom. The van der Waals surface area contributed by atoms with Crippen LogP contribution in [0, 0.1) is 12.3 Å². The Labute approximate surface area is 122 Å². The van der Waals surface area contributed by atoms with Gasteiger partial charge in [0.1, 0.15) is 5.69 Å². The van der Waals surface area contributed by atoms with Gasteiger partial charge in [0.25, 0.3) is 5.91 Å². The van der Waals surface area contributed by atoms with E-state index in [1.54, 1.807) is 7.05 Å². The Morgan fingerprint density at radius 2 is 1.90 bits per heavy atom. The maximum absolute atomic E-state index is 12.6. The summed E-state index contributed by atoms with van der Waals surface area (Å²) in [6, 6.07) is 1.99. The zero-order chi connectivity index (χ0) is 16.4. The molecule has 0 saturated carbocycles. The molecule has 0 spiro atoms. The van der Waals surface area contributed by atoms with Crippen LogP contribution in [0.1, 0.15) is 35.6 Å². The van der Waals surface area contributed by atoms with Gasteiger partial charge in [-0.1, -0.05) is 13.8 Å². The van der Waals surface area contributed by atoms with Crippen LogP contribution < -0.4 is 5.73 Å². The Morgan fingerprint density at radius 3 is 2.33 bits per heavy atom. The first-order valence-electron chi connectivity index (χ1n) is 6.48. The number of aromatic nitrogens is 1. The lowest BCUT2D eigenvalue weighted by Crippen LogP contribution is -2.40. The van der Waals surface area contributed by atoms with Crippen molar-refractivity contribution in [2.24, 2.45) is 11.1 Å². The maximum Gasteiger partial charge on any atom is 0.433 e. The van der Waals surface area contributed by atoms with Crippen molar-refractivity contribution in [3.8, 4) is 0 Å². The zero-order valence-electron chi connectivity index (χ0n) is 12.6. The number of hydrogen-bond acceptors (Lipinski definition) is 3. The number of amides is 1. The molecule has 118 valence electrons. The highest BCUT2D eigenvalue weighted by atomic mass is 19.4. The monoisotopic (exact) mass is 303 g/mol. The van der Waals surface area contributed by atoms with E-state index >= 15 is 0 Å². The van der Waals surface area contributed by atoms with Crippen molar-refractivity contribution < 1.29 is 18.0 Å². The molecule has 1 rings (SSSR count). The van der Waals surface area contributed by atoms with Gasteiger partial charge in [-0.25, -0.2) is 4.98 Å². The summed E-state index contributed by atoms with van der Waals surface area (Å²) in [5.41, 5.74) is 4.58. The fourth-order valence-electron chi connectivity index (χ4n) is 1.93. The average Bonchev–Trinajstić information content (AvgIpc) is 2.36. The molecule has 1 amide bonds. The van der Waals surface area contributed by atoms with Gasteiger partial charge >= 0.3 is 6.18 Å². The molecule has 0 radical (unpaired) electrons. The van der Waals surface area contributed by atoms with Gasteiger partial charge in [0.15, 0.2) is 0 Å². The van der Waals surface area contributed by atoms with Crippen LogP contribution in [0.15, 0.2) is 12.1 Å². The molecular weight excluding hydrogens is 283 g/mol. The maximum atomic E-state index is 12.6. The number of rotatable bonds is 4. The average molecular weight is 303 g/mol. The smallest absolute Gasteiger partial charge is 0.341 e. The van der Waals surface area contributed by atoms with Gasteiger partial charge in [0.05, 0.1) is 11.3 Å². The minimum atomic E-state index is -4.51. The Kier molecular flexibility index (Phi) is 4.99. The quantitative estimate of drug-likeness (QED) is 0.929. The van der Waals surface area contributed by atoms with Crippen LogP contribution in [0.4, 0.5) is 13.2 Å². The van der Waals surface area contributed by atoms with E-state index < -0.39 is 11.9 Å². The molecule has 1 aromatic rings. The number of halogens is 3. The van der Waals surface area contributed by atoms with Crippen molar-refractivity contribution in [3.63, 3.8) is 0 Å². The van der Waals surface area contributed by atoms with E-state index in [0.29, 0.717) is 13.1 Å². The number of nitrogens with zero attached hydrogens (tertiary/aromatic N) is 2. The molecule has 0 aliphatic carbocycles. The highest BCUT2D eigenvalue weighted by Gasteiger charge is 2.33. The Bertz CT molecular complexity index is 527. The second-order valence-electron chi connectivity index (χ2n) is 5.86. The SMILES string of the molecule is Cc1nc(C(F)(F)F)ccc1C(=O)N(C)CC(C)(C)CN. The number of hydrogen-bond donors (Lipinski definition) is 1. The summed E-state index contributed by atoms with van der Waals surface area (Å²) in [5, 5.41) is 0. The fraction of sp³-hybridized carbons (Fsp3) is 0.571. The summed E-state index contributed by atoms with van der Waals surface area (Å²) in [4.78, 5) is 17.2. The molecule has 1 aromatic heterocycles. The molecule has 0 saturated heterocycles. The Balaban J connectivity index is 2.98. The van der Waals surface area contributed by atoms with Gasteiger partial charge in [-0.2, -0.15) is 13.2 Å². The fourth-order valence-corrected chi connectivity index (χ4v) is 1.93. The summed E-state index contributed by atoms with van der Waals surface area (Å²) in [6.07, 6.45) is -4.51. The van der Waals surface area contributed by atoms with Crippen molar-refractivity contribution in [1.82, 2.24) is 9.88 Å². The highest BCUT2D eigenvalue weighted by molar-refractivity contribution is 5.95. The summed E-state index contributed by atoms with van der Waals surface area (Å²) in [5.74, 6) is -0.366. The predicted octanol–water partition coefficient (Wildman–Crippen LogP) is 2.47. The first-order chi connectivity index (χ1) is 9.48. The van der Waals surface area contributed by atoms with Gasteiger partial charge in [-0.15, -0.1) is 0 Å². The third-order valence-corrected chi connectivity index (χ3v) is 3.17. The first-order valence-corrected chi connectivity index (χ1v) is 6.48. The number of pyridine rings is 1. The molecular formula is C14H20F3N3O. The van der Waals surface area contributed by atoms with Crippen LogP contribution in [-0.2, 0) is 6.18 Å². The van der Waals surface area contributed by atoms with E-state index in [2.05, 4.69) is 4.98 Å². The minimum Gasteiger partial charge on any atom is -0.341 e. The zero-order valence-corrected chi connectivity index (χ0v) is 12.6. The Hall–Kier alpha value is -1.63. The third-order valence-electron chi connectivity index (χ3n) is 3.17. The topological polar surface area (TPSA) is 59.2 Å². The molecule has 2 N–H and O–H groups in total. The van der Waals surface area contributed by atoms with E-state index in [1.165, 1.54) is 17.9 Å². The summed E-state index contributed by atoms with van der Waals surface area (Å²) >= 11 is 0. The standard InChI is InChI=1S/C14H20F3N3O/c1-9-10(5-6-11(19-9)14(15,16)17)12(21)20(4)8-13(2,3)7-18/h5-6H,7-8,18H2,1-4H3. The third kappa shape index (κ3) is 4.42. The van der Waals surface area contributed by atoms with Crippen LogP contribution in [-0.4, -0.2) is 35.9 Å². The van der Waals surface area contributed by atoms with Crippen molar-refractivity contribution in [1.29, 1.82) is 0 Å². The molecule has 4 nitrogen and oxygen atoms in total. The van der Waals surface area contributed by atoms with Crippen LogP contribution in [0.25, 0.3) is 0 Å². The van der Waals surface area contributed by atoms with E-state index in [-0.39, 0.29) is 22.6 Å². The lowest BCUT2D eigenvalue weighted by Gasteiger charge is -2.29. The minimum absolute atomic E-state index is 0.0622. The van der Waals surface area contributed by atoms with Crippen molar-refractivity contribution >= 4 is 5.91 Å². The second kappa shape index (κ2) is 6.01. The normalized spacial score (nSPS) is 12.4. The van der Waals surface area contributed by atoms with E-state index in [1.807, 2.05) is 13.8 Å². The number of carbonyl (C=O) groups excluding carboxylic acids is 1. The summed E-state index contributed by atoms with van der Waals surface area (Å²) in [7, 11) is 1.59. The lowest BCUT2D eigenvalue weighted by atomic mass is 9.93. The highest BCUT2D eigenvalue weighted by Crippen LogP contribution is 2.28. The van der Waals surface area contributed by atoms with Crippen molar-refractivity contribution in [3.05, 3.63) is 29.1 Å². The van der Waals surface area contributed by atoms with Crippen LogP contribution in [0.5, 0.6) is 0 Å². The second-order valence-corrected chi connectivity index (χ2v) is 5.86. The first kappa shape index (κ1) is 17.4. The number of nitrogens with two attached hydrogens (primary N) is 1. The van der Waals surface area contributed by atoms with E-state index in [4.69, 9.17) is 5.73 Å². The molecule has 0 atom stereocenters. The van der Waals surface area contributed by atoms with Crippen LogP contribution in [0.3, 0.4) is 0 Å². The molecule has 0 aliphatic rings. The number of carbonyl (C=O) groups is 1. The van der Waals surface area contributed by atoms with Gasteiger partial charge in [0.2, 0.25) is 0 Å².